The molecule has 1 saturated heterocycles. The van der Waals surface area contributed by atoms with Crippen molar-refractivity contribution in [2.45, 2.75) is 60.4 Å². The first kappa shape index (κ1) is 33.0. The van der Waals surface area contributed by atoms with Gasteiger partial charge in [-0.25, -0.2) is 4.98 Å². The number of anilines is 1. The molecule has 3 aromatic carbocycles. The fraction of sp³-hybridized carbons (Fsp3) is 0.450. The first-order chi connectivity index (χ1) is 22.7. The second kappa shape index (κ2) is 14.4. The van der Waals surface area contributed by atoms with Crippen molar-refractivity contribution in [1.29, 1.82) is 0 Å². The fourth-order valence-electron chi connectivity index (χ4n) is 6.82. The van der Waals surface area contributed by atoms with E-state index < -0.39 is 0 Å². The number of carbonyl (C=O) groups excluding carboxylic acids is 1. The molecule has 0 atom stereocenters. The summed E-state index contributed by atoms with van der Waals surface area (Å²) in [5, 5.41) is 0. The van der Waals surface area contributed by atoms with Gasteiger partial charge in [-0.3, -0.25) is 4.79 Å². The zero-order valence-corrected chi connectivity index (χ0v) is 29.0. The number of imidazole rings is 1. The van der Waals surface area contributed by atoms with Gasteiger partial charge in [0.2, 0.25) is 0 Å². The molecule has 1 fully saturated rings. The lowest BCUT2D eigenvalue weighted by atomic mass is 9.92. The smallest absolute Gasteiger partial charge is 0.258 e. The largest absolute Gasteiger partial charge is 0.493 e. The van der Waals surface area contributed by atoms with Gasteiger partial charge in [-0.1, -0.05) is 69.3 Å². The number of benzene rings is 3. The van der Waals surface area contributed by atoms with E-state index in [1.165, 1.54) is 18.5 Å². The number of rotatable bonds is 10. The zero-order chi connectivity index (χ0) is 33.0. The summed E-state index contributed by atoms with van der Waals surface area (Å²) in [7, 11) is 0. The Labute approximate surface area is 281 Å². The van der Waals surface area contributed by atoms with Crippen LogP contribution >= 0.6 is 0 Å². The summed E-state index contributed by atoms with van der Waals surface area (Å²) in [5.74, 6) is 1.85. The van der Waals surface area contributed by atoms with Gasteiger partial charge in [-0.15, -0.1) is 0 Å². The second-order valence-corrected chi connectivity index (χ2v) is 14.4. The molecule has 7 nitrogen and oxygen atoms in total. The van der Waals surface area contributed by atoms with E-state index in [1.54, 1.807) is 0 Å². The van der Waals surface area contributed by atoms with Gasteiger partial charge in [0.25, 0.3) is 5.91 Å². The minimum Gasteiger partial charge on any atom is -0.493 e. The highest BCUT2D eigenvalue weighted by Gasteiger charge is 2.29. The third-order valence-corrected chi connectivity index (χ3v) is 9.62. The van der Waals surface area contributed by atoms with Gasteiger partial charge in [0.15, 0.2) is 0 Å². The van der Waals surface area contributed by atoms with E-state index in [-0.39, 0.29) is 5.91 Å². The molecule has 0 bridgehead atoms. The molecule has 2 aliphatic heterocycles. The molecule has 4 aromatic rings. The topological polar surface area (TPSA) is 53.8 Å². The molecule has 1 aromatic heterocycles. The molecular formula is C40H51N5O2. The Morgan fingerprint density at radius 1 is 0.851 bits per heavy atom. The highest BCUT2D eigenvalue weighted by atomic mass is 16.5. The number of aryl methyl sites for hydroxylation is 2. The Morgan fingerprint density at radius 2 is 1.55 bits per heavy atom. The van der Waals surface area contributed by atoms with E-state index in [0.717, 1.165) is 85.5 Å². The number of hydrogen-bond acceptors (Lipinski definition) is 5. The molecule has 0 radical (unpaired) electrons. The van der Waals surface area contributed by atoms with Crippen LogP contribution in [0.25, 0.3) is 11.3 Å². The predicted octanol–water partition coefficient (Wildman–Crippen LogP) is 7.24. The van der Waals surface area contributed by atoms with E-state index in [0.29, 0.717) is 30.6 Å². The zero-order valence-electron chi connectivity index (χ0n) is 29.0. The van der Waals surface area contributed by atoms with Crippen molar-refractivity contribution >= 4 is 11.6 Å². The van der Waals surface area contributed by atoms with Crippen molar-refractivity contribution in [3.8, 4) is 17.0 Å². The normalized spacial score (nSPS) is 15.6. The first-order valence-electron chi connectivity index (χ1n) is 17.4. The second-order valence-electron chi connectivity index (χ2n) is 14.4. The standard InChI is InChI=1S/C40H51N5O2/c1-30-28-33(16-17-37(30)47-27-11-20-42-23-25-43(26-24-42)22-19-40(3,4)5)39(46)44-21-18-35-38(34-14-9-10-15-36(34)44)45(31(2)41-35)29-32-12-7-6-8-13-32/h6-10,12-17,28H,11,18-27,29H2,1-5H3. The molecule has 248 valence electrons. The van der Waals surface area contributed by atoms with E-state index in [9.17, 15) is 4.79 Å². The quantitative estimate of drug-likeness (QED) is 0.172. The van der Waals surface area contributed by atoms with Gasteiger partial charge in [-0.2, -0.15) is 0 Å². The van der Waals surface area contributed by atoms with E-state index in [2.05, 4.69) is 84.5 Å². The molecule has 0 N–H and O–H groups in total. The van der Waals surface area contributed by atoms with Crippen molar-refractivity contribution in [2.24, 2.45) is 5.41 Å². The summed E-state index contributed by atoms with van der Waals surface area (Å²) in [4.78, 5) is 26.2. The Bertz CT molecular complexity index is 1660. The van der Waals surface area contributed by atoms with Crippen LogP contribution < -0.4 is 9.64 Å². The highest BCUT2D eigenvalue weighted by molar-refractivity contribution is 6.08. The van der Waals surface area contributed by atoms with Crippen LogP contribution in [0, 0.1) is 19.3 Å². The van der Waals surface area contributed by atoms with Crippen molar-refractivity contribution in [1.82, 2.24) is 19.4 Å². The van der Waals surface area contributed by atoms with Crippen molar-refractivity contribution in [2.75, 3.05) is 57.3 Å². The summed E-state index contributed by atoms with van der Waals surface area (Å²) in [6.07, 6.45) is 2.94. The number of amides is 1. The SMILES string of the molecule is Cc1cc(C(=O)N2CCc3nc(C)n(Cc4ccccc4)c3-c3ccccc32)ccc1OCCCN1CCN(CCC(C)(C)C)CC1. The van der Waals surface area contributed by atoms with Gasteiger partial charge in [0, 0.05) is 63.4 Å². The molecule has 0 saturated carbocycles. The molecule has 0 spiro atoms. The maximum atomic E-state index is 14.1. The average molecular weight is 634 g/mol. The maximum Gasteiger partial charge on any atom is 0.258 e. The van der Waals surface area contributed by atoms with E-state index in [1.807, 2.05) is 42.2 Å². The Hall–Kier alpha value is -3.94. The number of ether oxygens (including phenoxy) is 1. The molecule has 0 unspecified atom stereocenters. The molecule has 7 heteroatoms. The maximum absolute atomic E-state index is 14.1. The van der Waals surface area contributed by atoms with Crippen LogP contribution in [0.5, 0.6) is 5.75 Å². The lowest BCUT2D eigenvalue weighted by Gasteiger charge is -2.36. The van der Waals surface area contributed by atoms with Crippen molar-refractivity contribution < 1.29 is 9.53 Å². The van der Waals surface area contributed by atoms with Gasteiger partial charge < -0.3 is 24.0 Å². The van der Waals surface area contributed by atoms with Gasteiger partial charge in [-0.05, 0) is 74.0 Å². The molecular weight excluding hydrogens is 582 g/mol. The van der Waals surface area contributed by atoms with Crippen LogP contribution in [0.2, 0.25) is 0 Å². The summed E-state index contributed by atoms with van der Waals surface area (Å²) in [6.45, 7) is 19.9. The molecule has 6 rings (SSSR count). The van der Waals surface area contributed by atoms with Crippen LogP contribution in [0.1, 0.15) is 66.6 Å². The lowest BCUT2D eigenvalue weighted by Crippen LogP contribution is -2.47. The van der Waals surface area contributed by atoms with Gasteiger partial charge in [0.05, 0.1) is 23.7 Å². The Kier molecular flexibility index (Phi) is 10.1. The minimum absolute atomic E-state index is 0.00484. The molecule has 2 aliphatic rings. The third kappa shape index (κ3) is 7.96. The van der Waals surface area contributed by atoms with Gasteiger partial charge in [0.1, 0.15) is 11.6 Å². The van der Waals surface area contributed by atoms with Crippen LogP contribution in [-0.2, 0) is 13.0 Å². The fourth-order valence-corrected chi connectivity index (χ4v) is 6.82. The lowest BCUT2D eigenvalue weighted by molar-refractivity contribution is 0.0987. The Balaban J connectivity index is 1.08. The van der Waals surface area contributed by atoms with Crippen molar-refractivity contribution in [3.63, 3.8) is 0 Å². The predicted molar refractivity (Wildman–Crippen MR) is 192 cm³/mol. The third-order valence-electron chi connectivity index (χ3n) is 9.62. The molecule has 47 heavy (non-hydrogen) atoms. The van der Waals surface area contributed by atoms with Gasteiger partial charge >= 0.3 is 0 Å². The summed E-state index contributed by atoms with van der Waals surface area (Å²) in [6, 6.07) is 24.6. The van der Waals surface area contributed by atoms with Crippen molar-refractivity contribution in [3.05, 3.63) is 101 Å². The number of hydrogen-bond donors (Lipinski definition) is 0. The molecule has 3 heterocycles. The minimum atomic E-state index is 0.00484. The van der Waals surface area contributed by atoms with Crippen LogP contribution in [-0.4, -0.2) is 77.7 Å². The number of para-hydroxylation sites is 1. The van der Waals surface area contributed by atoms with Crippen LogP contribution in [0.3, 0.4) is 0 Å². The number of fused-ring (bicyclic) bond motifs is 3. The first-order valence-corrected chi connectivity index (χ1v) is 17.4. The summed E-state index contributed by atoms with van der Waals surface area (Å²) >= 11 is 0. The highest BCUT2D eigenvalue weighted by Crippen LogP contribution is 2.38. The van der Waals surface area contributed by atoms with E-state index >= 15 is 0 Å². The number of nitrogens with zero attached hydrogens (tertiary/aromatic N) is 5. The summed E-state index contributed by atoms with van der Waals surface area (Å²) < 4.78 is 8.51. The molecule has 0 aliphatic carbocycles. The Morgan fingerprint density at radius 3 is 2.28 bits per heavy atom. The van der Waals surface area contributed by atoms with E-state index in [4.69, 9.17) is 9.72 Å². The monoisotopic (exact) mass is 633 g/mol. The van der Waals surface area contributed by atoms with Crippen LogP contribution in [0.4, 0.5) is 5.69 Å². The van der Waals surface area contributed by atoms with Crippen LogP contribution in [0.15, 0.2) is 72.8 Å². The average Bonchev–Trinajstić information content (AvgIpc) is 3.27. The summed E-state index contributed by atoms with van der Waals surface area (Å²) in [5.41, 5.74) is 7.43. The molecule has 1 amide bonds. The number of piperazine rings is 1. The number of carbonyl (C=O) groups is 1. The number of aromatic nitrogens is 2.